The number of rotatable bonds is 5. The van der Waals surface area contributed by atoms with Gasteiger partial charge < -0.3 is 10.1 Å². The van der Waals surface area contributed by atoms with Crippen LogP contribution >= 0.6 is 0 Å². The number of carbonyl (C=O) groups excluding carboxylic acids is 1. The number of anilines is 2. The van der Waals surface area contributed by atoms with Crippen molar-refractivity contribution in [2.75, 3.05) is 17.1 Å². The van der Waals surface area contributed by atoms with Crippen molar-refractivity contribution in [3.05, 3.63) is 48.3 Å². The first-order valence-electron chi connectivity index (χ1n) is 6.56. The summed E-state index contributed by atoms with van der Waals surface area (Å²) in [5.41, 5.74) is 0.323. The first kappa shape index (κ1) is 16.8. The average Bonchev–Trinajstić information content (AvgIpc) is 2.46. The number of carbonyl (C=O) groups is 1. The van der Waals surface area contributed by atoms with Crippen LogP contribution in [0.15, 0.2) is 47.4 Å². The second-order valence-corrected chi connectivity index (χ2v) is 6.34. The fourth-order valence-corrected chi connectivity index (χ4v) is 2.98. The summed E-state index contributed by atoms with van der Waals surface area (Å²) in [6.45, 7) is 1.30. The third-order valence-electron chi connectivity index (χ3n) is 2.87. The van der Waals surface area contributed by atoms with Crippen LogP contribution in [-0.4, -0.2) is 21.4 Å². The van der Waals surface area contributed by atoms with Crippen molar-refractivity contribution >= 4 is 27.3 Å². The maximum Gasteiger partial charge on any atom is 0.261 e. The van der Waals surface area contributed by atoms with Crippen LogP contribution in [0.2, 0.25) is 0 Å². The summed E-state index contributed by atoms with van der Waals surface area (Å²) in [5.74, 6) is -0.597. The van der Waals surface area contributed by atoms with Crippen molar-refractivity contribution in [1.82, 2.24) is 0 Å². The Balaban J connectivity index is 2.37. The van der Waals surface area contributed by atoms with Gasteiger partial charge in [-0.05, 0) is 36.4 Å². The summed E-state index contributed by atoms with van der Waals surface area (Å²) in [6.07, 6.45) is 0. The van der Waals surface area contributed by atoms with Gasteiger partial charge in [-0.25, -0.2) is 12.8 Å². The fraction of sp³-hybridized carbons (Fsp3) is 0.133. The molecule has 1 amide bonds. The summed E-state index contributed by atoms with van der Waals surface area (Å²) in [5, 5.41) is 2.49. The lowest BCUT2D eigenvalue weighted by atomic mass is 10.3. The zero-order valence-electron chi connectivity index (χ0n) is 12.5. The van der Waals surface area contributed by atoms with Crippen LogP contribution in [0.5, 0.6) is 5.75 Å². The van der Waals surface area contributed by atoms with Gasteiger partial charge in [0, 0.05) is 6.92 Å². The van der Waals surface area contributed by atoms with Gasteiger partial charge in [-0.15, -0.1) is 0 Å². The van der Waals surface area contributed by atoms with Gasteiger partial charge >= 0.3 is 0 Å². The average molecular weight is 338 g/mol. The molecule has 2 N–H and O–H groups in total. The van der Waals surface area contributed by atoms with Gasteiger partial charge in [0.25, 0.3) is 10.0 Å². The van der Waals surface area contributed by atoms with Gasteiger partial charge in [0.15, 0.2) is 0 Å². The number of amides is 1. The molecule has 0 bridgehead atoms. The molecule has 0 aliphatic rings. The molecule has 122 valence electrons. The van der Waals surface area contributed by atoms with Gasteiger partial charge in [-0.2, -0.15) is 0 Å². The highest BCUT2D eigenvalue weighted by molar-refractivity contribution is 7.92. The molecule has 0 saturated carbocycles. The first-order valence-corrected chi connectivity index (χ1v) is 8.04. The summed E-state index contributed by atoms with van der Waals surface area (Å²) in [6, 6.07) is 9.11. The Morgan fingerprint density at radius 1 is 1.17 bits per heavy atom. The third kappa shape index (κ3) is 4.19. The fourth-order valence-electron chi connectivity index (χ4n) is 1.91. The SMILES string of the molecule is COc1ccc(S(=O)(=O)Nc2cccc(F)c2)cc1NC(C)=O. The monoisotopic (exact) mass is 338 g/mol. The highest BCUT2D eigenvalue weighted by atomic mass is 32.2. The number of ether oxygens (including phenoxy) is 1. The number of methoxy groups -OCH3 is 1. The maximum atomic E-state index is 13.2. The minimum absolute atomic E-state index is 0.0914. The molecule has 2 rings (SSSR count). The molecule has 8 heteroatoms. The normalized spacial score (nSPS) is 10.9. The van der Waals surface area contributed by atoms with Crippen molar-refractivity contribution in [2.45, 2.75) is 11.8 Å². The van der Waals surface area contributed by atoms with E-state index in [1.165, 1.54) is 50.4 Å². The minimum atomic E-state index is -3.94. The lowest BCUT2D eigenvalue weighted by Gasteiger charge is -2.12. The summed E-state index contributed by atoms with van der Waals surface area (Å²) in [4.78, 5) is 11.1. The molecular formula is C15H15FN2O4S. The molecule has 0 radical (unpaired) electrons. The Kier molecular flexibility index (Phi) is 4.85. The third-order valence-corrected chi connectivity index (χ3v) is 4.25. The zero-order valence-corrected chi connectivity index (χ0v) is 13.3. The quantitative estimate of drug-likeness (QED) is 0.877. The highest BCUT2D eigenvalue weighted by Crippen LogP contribution is 2.28. The van der Waals surface area contributed by atoms with Crippen LogP contribution in [0, 0.1) is 5.82 Å². The Bertz CT molecular complexity index is 837. The topological polar surface area (TPSA) is 84.5 Å². The van der Waals surface area contributed by atoms with Crippen LogP contribution in [0.3, 0.4) is 0 Å². The van der Waals surface area contributed by atoms with Crippen LogP contribution in [-0.2, 0) is 14.8 Å². The number of sulfonamides is 1. The van der Waals surface area contributed by atoms with E-state index in [1.54, 1.807) is 0 Å². The smallest absolute Gasteiger partial charge is 0.261 e. The van der Waals surface area contributed by atoms with Crippen molar-refractivity contribution in [2.24, 2.45) is 0 Å². The van der Waals surface area contributed by atoms with Crippen LogP contribution < -0.4 is 14.8 Å². The lowest BCUT2D eigenvalue weighted by molar-refractivity contribution is -0.114. The molecular weight excluding hydrogens is 323 g/mol. The first-order chi connectivity index (χ1) is 10.8. The lowest BCUT2D eigenvalue weighted by Crippen LogP contribution is -2.14. The zero-order chi connectivity index (χ0) is 17.0. The second kappa shape index (κ2) is 6.66. The van der Waals surface area contributed by atoms with E-state index in [0.29, 0.717) is 5.75 Å². The second-order valence-electron chi connectivity index (χ2n) is 4.66. The van der Waals surface area contributed by atoms with E-state index in [-0.39, 0.29) is 22.2 Å². The van der Waals surface area contributed by atoms with Crippen molar-refractivity contribution < 1.29 is 22.3 Å². The van der Waals surface area contributed by atoms with Gasteiger partial charge in [0.2, 0.25) is 5.91 Å². The molecule has 0 fully saturated rings. The number of hydrogen-bond donors (Lipinski definition) is 2. The van der Waals surface area contributed by atoms with Gasteiger partial charge in [-0.1, -0.05) is 6.07 Å². The van der Waals surface area contributed by atoms with Crippen molar-refractivity contribution in [3.8, 4) is 5.75 Å². The molecule has 0 atom stereocenters. The van der Waals surface area contributed by atoms with Gasteiger partial charge in [0.05, 0.1) is 23.4 Å². The van der Waals surface area contributed by atoms with E-state index in [0.717, 1.165) is 6.07 Å². The largest absolute Gasteiger partial charge is 0.495 e. The summed E-state index contributed by atoms with van der Waals surface area (Å²) < 4.78 is 45.2. The molecule has 0 aromatic heterocycles. The molecule has 2 aromatic carbocycles. The Hall–Kier alpha value is -2.61. The van der Waals surface area contributed by atoms with Crippen LogP contribution in [0.4, 0.5) is 15.8 Å². The molecule has 23 heavy (non-hydrogen) atoms. The standard InChI is InChI=1S/C15H15FN2O4S/c1-10(19)17-14-9-13(6-7-15(14)22-2)23(20,21)18-12-5-3-4-11(16)8-12/h3-9,18H,1-2H3,(H,17,19). The predicted molar refractivity (Wildman–Crippen MR) is 84.5 cm³/mol. The molecule has 0 saturated heterocycles. The Labute approximate surface area is 133 Å². The maximum absolute atomic E-state index is 13.2. The van der Waals surface area contributed by atoms with E-state index in [1.807, 2.05) is 0 Å². The predicted octanol–water partition coefficient (Wildman–Crippen LogP) is 2.59. The van der Waals surface area contributed by atoms with E-state index < -0.39 is 15.8 Å². The van der Waals surface area contributed by atoms with Crippen molar-refractivity contribution in [1.29, 1.82) is 0 Å². The molecule has 0 aliphatic carbocycles. The summed E-state index contributed by atoms with van der Waals surface area (Å²) in [7, 11) is -2.53. The molecule has 0 aliphatic heterocycles. The molecule has 2 aromatic rings. The number of halogens is 1. The molecule has 0 heterocycles. The van der Waals surface area contributed by atoms with Crippen LogP contribution in [0.25, 0.3) is 0 Å². The number of hydrogen-bond acceptors (Lipinski definition) is 4. The Morgan fingerprint density at radius 2 is 1.91 bits per heavy atom. The summed E-state index contributed by atoms with van der Waals surface area (Å²) >= 11 is 0. The van der Waals surface area contributed by atoms with E-state index in [9.17, 15) is 17.6 Å². The van der Waals surface area contributed by atoms with E-state index in [4.69, 9.17) is 4.74 Å². The van der Waals surface area contributed by atoms with E-state index in [2.05, 4.69) is 10.0 Å². The van der Waals surface area contributed by atoms with Crippen LogP contribution in [0.1, 0.15) is 6.92 Å². The number of nitrogens with one attached hydrogen (secondary N) is 2. The van der Waals surface area contributed by atoms with Crippen molar-refractivity contribution in [3.63, 3.8) is 0 Å². The number of benzene rings is 2. The Morgan fingerprint density at radius 3 is 2.52 bits per heavy atom. The molecule has 6 nitrogen and oxygen atoms in total. The van der Waals surface area contributed by atoms with E-state index >= 15 is 0 Å². The molecule has 0 unspecified atom stereocenters. The van der Waals surface area contributed by atoms with Gasteiger partial charge in [0.1, 0.15) is 11.6 Å². The molecule has 0 spiro atoms. The highest BCUT2D eigenvalue weighted by Gasteiger charge is 2.17. The van der Waals surface area contributed by atoms with Gasteiger partial charge in [-0.3, -0.25) is 9.52 Å². The minimum Gasteiger partial charge on any atom is -0.495 e.